The second kappa shape index (κ2) is 3.67. The number of hydrogen-bond donors (Lipinski definition) is 0. The van der Waals surface area contributed by atoms with Crippen molar-refractivity contribution in [1.29, 1.82) is 0 Å². The van der Waals surface area contributed by atoms with E-state index in [2.05, 4.69) is 5.79 Å². The largest absolute Gasteiger partial charge is 0.348 e. The summed E-state index contributed by atoms with van der Waals surface area (Å²) in [5.41, 5.74) is 0. The third kappa shape index (κ3) is 1.70. The smallest absolute Gasteiger partial charge is 0.237 e. The van der Waals surface area contributed by atoms with Crippen molar-refractivity contribution < 1.29 is 9.47 Å². The monoisotopic (exact) mass is 184 g/mol. The Hall–Kier alpha value is 0.452. The van der Waals surface area contributed by atoms with E-state index in [0.29, 0.717) is 0 Å². The Morgan fingerprint density at radius 1 is 1.17 bits per heavy atom. The van der Waals surface area contributed by atoms with Gasteiger partial charge in [-0.3, -0.25) is 0 Å². The molecule has 1 aliphatic carbocycles. The molecule has 0 N–H and O–H groups in total. The third-order valence-corrected chi connectivity index (χ3v) is 5.23. The predicted molar refractivity (Wildman–Crippen MR) is 49.9 cm³/mol. The summed E-state index contributed by atoms with van der Waals surface area (Å²) >= 11 is 0.214. The van der Waals surface area contributed by atoms with Crippen molar-refractivity contribution in [1.82, 2.24) is 0 Å². The summed E-state index contributed by atoms with van der Waals surface area (Å²) in [4.78, 5) is 0. The Labute approximate surface area is 80.3 Å². The van der Waals surface area contributed by atoms with Crippen LogP contribution in [0.15, 0.2) is 0 Å². The lowest BCUT2D eigenvalue weighted by Crippen LogP contribution is -2.34. The fourth-order valence-corrected chi connectivity index (χ4v) is 3.54. The fraction of sp³-hybridized carbons (Fsp3) is 1.00. The van der Waals surface area contributed by atoms with E-state index in [1.807, 2.05) is 0 Å². The molecule has 0 bridgehead atoms. The van der Waals surface area contributed by atoms with Gasteiger partial charge in [0.2, 0.25) is 15.2 Å². The van der Waals surface area contributed by atoms with Gasteiger partial charge in [-0.15, -0.1) is 5.79 Å². The summed E-state index contributed by atoms with van der Waals surface area (Å²) in [5.74, 6) is 2.29. The molecule has 0 amide bonds. The average molecular weight is 184 g/mol. The minimum atomic E-state index is -0.125. The van der Waals surface area contributed by atoms with E-state index in [0.717, 1.165) is 30.8 Å². The van der Waals surface area contributed by atoms with Gasteiger partial charge in [0.25, 0.3) is 0 Å². The Kier molecular flexibility index (Phi) is 2.76. The molecule has 0 aromatic heterocycles. The van der Waals surface area contributed by atoms with E-state index >= 15 is 0 Å². The summed E-state index contributed by atoms with van der Waals surface area (Å²) in [7, 11) is 0. The van der Waals surface area contributed by atoms with Crippen molar-refractivity contribution >= 4 is 15.2 Å². The van der Waals surface area contributed by atoms with Gasteiger partial charge in [-0.05, 0) is 0 Å². The molecule has 1 aliphatic heterocycles. The third-order valence-electron chi connectivity index (χ3n) is 3.26. The molecule has 1 heterocycles. The van der Waals surface area contributed by atoms with E-state index in [4.69, 9.17) is 9.47 Å². The maximum Gasteiger partial charge on any atom is 0.237 e. The van der Waals surface area contributed by atoms with E-state index in [9.17, 15) is 0 Å². The van der Waals surface area contributed by atoms with E-state index < -0.39 is 0 Å². The molecule has 2 fully saturated rings. The van der Waals surface area contributed by atoms with Crippen molar-refractivity contribution in [3.05, 3.63) is 0 Å². The van der Waals surface area contributed by atoms with Crippen LogP contribution in [-0.4, -0.2) is 34.2 Å². The van der Waals surface area contributed by atoms with Gasteiger partial charge in [0, 0.05) is 12.8 Å². The van der Waals surface area contributed by atoms with Gasteiger partial charge in [-0.1, -0.05) is 17.6 Å². The highest BCUT2D eigenvalue weighted by atomic mass is 27.1. The van der Waals surface area contributed by atoms with Gasteiger partial charge >= 0.3 is 0 Å². The minimum absolute atomic E-state index is 0.125. The zero-order chi connectivity index (χ0) is 8.44. The highest BCUT2D eigenvalue weighted by Gasteiger charge is 2.39. The van der Waals surface area contributed by atoms with Crippen molar-refractivity contribution in [2.24, 2.45) is 0 Å². The average Bonchev–Trinajstić information content (AvgIpc) is 2.55. The zero-order valence-corrected chi connectivity index (χ0v) is 9.26. The van der Waals surface area contributed by atoms with Crippen LogP contribution in [0.5, 0.6) is 0 Å². The van der Waals surface area contributed by atoms with Crippen LogP contribution in [0, 0.1) is 0 Å². The Morgan fingerprint density at radius 3 is 2.25 bits per heavy atom. The fourth-order valence-electron chi connectivity index (χ4n) is 2.31. The molecule has 68 valence electrons. The molecule has 0 aromatic rings. The Bertz CT molecular complexity index is 145. The van der Waals surface area contributed by atoms with Crippen LogP contribution in [0.1, 0.15) is 25.7 Å². The minimum Gasteiger partial charge on any atom is -0.348 e. The molecular formula is C9H17AlO2. The van der Waals surface area contributed by atoms with Gasteiger partial charge in [0.05, 0.1) is 13.2 Å². The molecule has 2 aliphatic rings. The highest BCUT2D eigenvalue weighted by molar-refractivity contribution is 6.35. The second-order valence-electron chi connectivity index (χ2n) is 3.96. The van der Waals surface area contributed by atoms with E-state index in [1.165, 1.54) is 12.8 Å². The number of ether oxygens (including phenoxy) is 2. The van der Waals surface area contributed by atoms with Gasteiger partial charge in [-0.25, -0.2) is 0 Å². The Balaban J connectivity index is 1.88. The van der Waals surface area contributed by atoms with Crippen LogP contribution in [0.3, 0.4) is 0 Å². The van der Waals surface area contributed by atoms with Crippen LogP contribution in [0.4, 0.5) is 0 Å². The van der Waals surface area contributed by atoms with Crippen LogP contribution in [0.2, 0.25) is 10.6 Å². The normalized spacial score (nSPS) is 29.4. The predicted octanol–water partition coefficient (Wildman–Crippen LogP) is 1.58. The molecule has 1 spiro atoms. The summed E-state index contributed by atoms with van der Waals surface area (Å²) in [6.45, 7) is 1.63. The molecule has 0 unspecified atom stereocenters. The zero-order valence-electron chi connectivity index (χ0n) is 7.84. The van der Waals surface area contributed by atoms with Crippen molar-refractivity contribution in [2.75, 3.05) is 13.2 Å². The topological polar surface area (TPSA) is 18.5 Å². The van der Waals surface area contributed by atoms with Crippen LogP contribution < -0.4 is 0 Å². The molecule has 12 heavy (non-hydrogen) atoms. The molecule has 0 atom stereocenters. The van der Waals surface area contributed by atoms with Crippen LogP contribution in [-0.2, 0) is 9.47 Å². The lowest BCUT2D eigenvalue weighted by atomic mass is 9.93. The molecule has 0 aromatic carbocycles. The molecule has 2 rings (SSSR count). The van der Waals surface area contributed by atoms with Gasteiger partial charge in [0.1, 0.15) is 0 Å². The SMILES string of the molecule is [CH3][AlH][CH]1CCC2(CC1)OCCO2. The molecule has 2 nitrogen and oxygen atoms in total. The maximum absolute atomic E-state index is 5.67. The Morgan fingerprint density at radius 2 is 1.75 bits per heavy atom. The summed E-state index contributed by atoms with van der Waals surface area (Å²) < 4.78 is 12.4. The first-order chi connectivity index (χ1) is 5.85. The summed E-state index contributed by atoms with van der Waals surface area (Å²) in [6, 6.07) is 0. The van der Waals surface area contributed by atoms with Crippen molar-refractivity contribution in [3.63, 3.8) is 0 Å². The molecular weight excluding hydrogens is 167 g/mol. The van der Waals surface area contributed by atoms with Crippen LogP contribution in [0.25, 0.3) is 0 Å². The first kappa shape index (κ1) is 9.03. The first-order valence-corrected chi connectivity index (χ1v) is 7.36. The quantitative estimate of drug-likeness (QED) is 0.576. The second-order valence-corrected chi connectivity index (χ2v) is 5.93. The molecule has 1 saturated heterocycles. The lowest BCUT2D eigenvalue weighted by molar-refractivity contribution is -0.176. The summed E-state index contributed by atoms with van der Waals surface area (Å²) in [6.07, 6.45) is 5.00. The highest BCUT2D eigenvalue weighted by Crippen LogP contribution is 2.40. The van der Waals surface area contributed by atoms with Gasteiger partial charge in [-0.2, -0.15) is 0 Å². The van der Waals surface area contributed by atoms with Crippen molar-refractivity contribution in [3.8, 4) is 0 Å². The van der Waals surface area contributed by atoms with Crippen LogP contribution >= 0.6 is 0 Å². The van der Waals surface area contributed by atoms with Gasteiger partial charge in [0.15, 0.2) is 5.79 Å². The van der Waals surface area contributed by atoms with Crippen molar-refractivity contribution in [2.45, 2.75) is 42.0 Å². The molecule has 3 heteroatoms. The summed E-state index contributed by atoms with van der Waals surface area (Å²) in [5, 5.41) is 0. The number of rotatable bonds is 1. The lowest BCUT2D eigenvalue weighted by Gasteiger charge is -2.34. The van der Waals surface area contributed by atoms with E-state index in [-0.39, 0.29) is 21.0 Å². The first-order valence-electron chi connectivity index (χ1n) is 5.12. The molecule has 1 saturated carbocycles. The van der Waals surface area contributed by atoms with E-state index in [1.54, 1.807) is 0 Å². The van der Waals surface area contributed by atoms with Gasteiger partial charge < -0.3 is 9.47 Å². The standard InChI is InChI=1S/C8H13O2.CH3.Al.H/c1-2-4-8(5-3-1)9-6-7-10-8;;;/h1H,2-7H2;1H3;;. The number of hydrogen-bond acceptors (Lipinski definition) is 2. The molecule has 0 radical (unpaired) electrons. The maximum atomic E-state index is 5.67.